The molecule has 134 valence electrons. The van der Waals surface area contributed by atoms with E-state index in [-0.39, 0.29) is 17.8 Å². The second kappa shape index (κ2) is 6.27. The van der Waals surface area contributed by atoms with Crippen molar-refractivity contribution in [1.29, 1.82) is 0 Å². The molecule has 2 N–H and O–H groups in total. The third-order valence-corrected chi connectivity index (χ3v) is 3.88. The fraction of sp³-hybridized carbons (Fsp3) is 0.588. The first-order valence-corrected chi connectivity index (χ1v) is 7.88. The summed E-state index contributed by atoms with van der Waals surface area (Å²) in [5.41, 5.74) is 5.44. The molecule has 0 saturated heterocycles. The molecule has 0 fully saturated rings. The molecular formula is C17H23F3N2O2. The van der Waals surface area contributed by atoms with Crippen molar-refractivity contribution >= 4 is 11.8 Å². The van der Waals surface area contributed by atoms with Gasteiger partial charge in [0.05, 0.1) is 11.3 Å². The first-order valence-electron chi connectivity index (χ1n) is 7.88. The van der Waals surface area contributed by atoms with E-state index < -0.39 is 29.5 Å². The van der Waals surface area contributed by atoms with Crippen LogP contribution in [0.15, 0.2) is 12.1 Å². The third-order valence-electron chi connectivity index (χ3n) is 3.88. The van der Waals surface area contributed by atoms with Gasteiger partial charge in [0.15, 0.2) is 0 Å². The number of benzene rings is 1. The van der Waals surface area contributed by atoms with Crippen molar-refractivity contribution in [2.45, 2.75) is 58.4 Å². The number of nitrogens with two attached hydrogens (primary N) is 1. The van der Waals surface area contributed by atoms with Crippen LogP contribution in [0.3, 0.4) is 0 Å². The Hall–Kier alpha value is -1.76. The molecule has 2 rings (SSSR count). The summed E-state index contributed by atoms with van der Waals surface area (Å²) in [4.78, 5) is 13.7. The molecule has 0 radical (unpaired) electrons. The van der Waals surface area contributed by atoms with Crippen LogP contribution in [0.5, 0.6) is 0 Å². The standard InChI is InChI=1S/C17H23F3N2O2/c1-10-8-11-13(21)6-5-7-22(15(23)24-16(2,3)4)14(11)9-12(10)17(18,19)20/h8-9,13H,5-7,21H2,1-4H3/t13-/m1/s1. The zero-order valence-corrected chi connectivity index (χ0v) is 14.3. The Labute approximate surface area is 139 Å². The number of anilines is 1. The Morgan fingerprint density at radius 1 is 1.29 bits per heavy atom. The zero-order valence-electron chi connectivity index (χ0n) is 14.3. The molecule has 24 heavy (non-hydrogen) atoms. The van der Waals surface area contributed by atoms with Gasteiger partial charge < -0.3 is 10.5 Å². The number of aryl methyl sites for hydroxylation is 1. The average Bonchev–Trinajstić information content (AvgIpc) is 2.54. The normalized spacial score (nSPS) is 18.8. The quantitative estimate of drug-likeness (QED) is 0.751. The van der Waals surface area contributed by atoms with Gasteiger partial charge in [-0.3, -0.25) is 4.90 Å². The average molecular weight is 344 g/mol. The van der Waals surface area contributed by atoms with Gasteiger partial charge in [-0.2, -0.15) is 13.2 Å². The Bertz CT molecular complexity index is 636. The Balaban J connectivity index is 2.55. The molecule has 1 amide bonds. The number of hydrogen-bond acceptors (Lipinski definition) is 3. The van der Waals surface area contributed by atoms with Crippen LogP contribution in [0.1, 0.15) is 56.3 Å². The highest BCUT2D eigenvalue weighted by atomic mass is 19.4. The molecular weight excluding hydrogens is 321 g/mol. The van der Waals surface area contributed by atoms with Crippen LogP contribution in [0, 0.1) is 6.92 Å². The number of nitrogens with zero attached hydrogens (tertiary/aromatic N) is 1. The largest absolute Gasteiger partial charge is 0.443 e. The molecule has 0 aromatic heterocycles. The fourth-order valence-electron chi connectivity index (χ4n) is 2.81. The summed E-state index contributed by atoms with van der Waals surface area (Å²) in [5, 5.41) is 0. The molecule has 1 aliphatic rings. The van der Waals surface area contributed by atoms with Crippen LogP contribution in [-0.2, 0) is 10.9 Å². The van der Waals surface area contributed by atoms with Crippen molar-refractivity contribution < 1.29 is 22.7 Å². The number of amides is 1. The predicted octanol–water partition coefficient (Wildman–Crippen LogP) is 4.55. The molecule has 0 unspecified atom stereocenters. The fourth-order valence-corrected chi connectivity index (χ4v) is 2.81. The molecule has 0 aliphatic carbocycles. The molecule has 1 aromatic rings. The highest BCUT2D eigenvalue weighted by Crippen LogP contribution is 2.40. The number of ether oxygens (including phenoxy) is 1. The van der Waals surface area contributed by atoms with E-state index in [1.54, 1.807) is 20.8 Å². The van der Waals surface area contributed by atoms with E-state index >= 15 is 0 Å². The van der Waals surface area contributed by atoms with Crippen LogP contribution in [0.25, 0.3) is 0 Å². The predicted molar refractivity (Wildman–Crippen MR) is 85.9 cm³/mol. The van der Waals surface area contributed by atoms with Crippen LogP contribution < -0.4 is 10.6 Å². The van der Waals surface area contributed by atoms with Crippen molar-refractivity contribution in [2.75, 3.05) is 11.4 Å². The molecule has 1 aliphatic heterocycles. The SMILES string of the molecule is Cc1cc2c(cc1C(F)(F)F)N(C(=O)OC(C)(C)C)CCC[C@H]2N. The minimum absolute atomic E-state index is 0.0998. The van der Waals surface area contributed by atoms with E-state index in [2.05, 4.69) is 0 Å². The number of carbonyl (C=O) groups is 1. The van der Waals surface area contributed by atoms with E-state index in [0.29, 0.717) is 18.4 Å². The summed E-state index contributed by atoms with van der Waals surface area (Å²) >= 11 is 0. The smallest absolute Gasteiger partial charge is 0.416 e. The van der Waals surface area contributed by atoms with Crippen LogP contribution >= 0.6 is 0 Å². The maximum atomic E-state index is 13.3. The number of rotatable bonds is 0. The maximum Gasteiger partial charge on any atom is 0.416 e. The monoisotopic (exact) mass is 344 g/mol. The van der Waals surface area contributed by atoms with Gasteiger partial charge in [-0.25, -0.2) is 4.79 Å². The molecule has 7 heteroatoms. The molecule has 1 aromatic carbocycles. The highest BCUT2D eigenvalue weighted by molar-refractivity contribution is 5.89. The molecule has 0 bridgehead atoms. The molecule has 1 atom stereocenters. The van der Waals surface area contributed by atoms with Crippen molar-refractivity contribution in [1.82, 2.24) is 0 Å². The second-order valence-electron chi connectivity index (χ2n) is 7.10. The highest BCUT2D eigenvalue weighted by Gasteiger charge is 2.36. The summed E-state index contributed by atoms with van der Waals surface area (Å²) in [6.45, 7) is 6.82. The number of carbonyl (C=O) groups excluding carboxylic acids is 1. The second-order valence-corrected chi connectivity index (χ2v) is 7.10. The summed E-state index contributed by atoms with van der Waals surface area (Å²) in [6.07, 6.45) is -3.96. The van der Waals surface area contributed by atoms with Crippen molar-refractivity contribution in [2.24, 2.45) is 5.73 Å². The van der Waals surface area contributed by atoms with Crippen molar-refractivity contribution in [3.05, 3.63) is 28.8 Å². The summed E-state index contributed by atoms with van der Waals surface area (Å²) in [6, 6.07) is 2.04. The lowest BCUT2D eigenvalue weighted by molar-refractivity contribution is -0.138. The minimum Gasteiger partial charge on any atom is -0.443 e. The van der Waals surface area contributed by atoms with Gasteiger partial charge in [0, 0.05) is 12.6 Å². The Morgan fingerprint density at radius 2 is 1.92 bits per heavy atom. The van der Waals surface area contributed by atoms with Gasteiger partial charge in [0.1, 0.15) is 5.60 Å². The van der Waals surface area contributed by atoms with Crippen LogP contribution in [0.4, 0.5) is 23.7 Å². The summed E-state index contributed by atoms with van der Waals surface area (Å²) in [7, 11) is 0. The van der Waals surface area contributed by atoms with Crippen LogP contribution in [-0.4, -0.2) is 18.2 Å². The van der Waals surface area contributed by atoms with E-state index in [9.17, 15) is 18.0 Å². The molecule has 0 spiro atoms. The molecule has 0 saturated carbocycles. The zero-order chi connectivity index (χ0) is 18.3. The summed E-state index contributed by atoms with van der Waals surface area (Å²) in [5.74, 6) is 0. The number of hydrogen-bond donors (Lipinski definition) is 1. The van der Waals surface area contributed by atoms with Gasteiger partial charge in [-0.1, -0.05) is 6.07 Å². The van der Waals surface area contributed by atoms with Crippen molar-refractivity contribution in [3.8, 4) is 0 Å². The Morgan fingerprint density at radius 3 is 2.46 bits per heavy atom. The molecule has 1 heterocycles. The van der Waals surface area contributed by atoms with Crippen molar-refractivity contribution in [3.63, 3.8) is 0 Å². The number of alkyl halides is 3. The van der Waals surface area contributed by atoms with Gasteiger partial charge in [-0.05, 0) is 57.7 Å². The Kier molecular flexibility index (Phi) is 4.86. The van der Waals surface area contributed by atoms with Gasteiger partial charge >= 0.3 is 12.3 Å². The maximum absolute atomic E-state index is 13.3. The lowest BCUT2D eigenvalue weighted by Gasteiger charge is -2.28. The van der Waals surface area contributed by atoms with E-state index in [1.807, 2.05) is 0 Å². The van der Waals surface area contributed by atoms with E-state index in [1.165, 1.54) is 17.9 Å². The lowest BCUT2D eigenvalue weighted by atomic mass is 9.96. The van der Waals surface area contributed by atoms with Gasteiger partial charge in [0.25, 0.3) is 0 Å². The van der Waals surface area contributed by atoms with E-state index in [0.717, 1.165) is 6.07 Å². The number of halogens is 3. The lowest BCUT2D eigenvalue weighted by Crippen LogP contribution is -2.37. The topological polar surface area (TPSA) is 55.6 Å². The van der Waals surface area contributed by atoms with E-state index in [4.69, 9.17) is 10.5 Å². The van der Waals surface area contributed by atoms with Gasteiger partial charge in [-0.15, -0.1) is 0 Å². The van der Waals surface area contributed by atoms with Gasteiger partial charge in [0.2, 0.25) is 0 Å². The minimum atomic E-state index is -4.49. The third kappa shape index (κ3) is 4.01. The summed E-state index contributed by atoms with van der Waals surface area (Å²) < 4.78 is 45.1. The first-order chi connectivity index (χ1) is 10.9. The number of fused-ring (bicyclic) bond motifs is 1. The first kappa shape index (κ1) is 18.6. The molecule has 4 nitrogen and oxygen atoms in total. The van der Waals surface area contributed by atoms with Crippen LogP contribution in [0.2, 0.25) is 0 Å².